The maximum absolute atomic E-state index is 5.18. The number of hydrogen-bond donors (Lipinski definition) is 0. The first-order valence-corrected chi connectivity index (χ1v) is 8.41. The molecule has 0 radical (unpaired) electrons. The lowest BCUT2D eigenvalue weighted by Gasteiger charge is -2.17. The molecule has 2 aromatic heterocycles. The highest BCUT2D eigenvalue weighted by Gasteiger charge is 2.27. The van der Waals surface area contributed by atoms with Crippen LogP contribution in [0.4, 0.5) is 0 Å². The molecule has 1 saturated heterocycles. The monoisotopic (exact) mass is 314 g/mol. The molecule has 0 spiro atoms. The SMILES string of the molecule is COCCCn1c(C)cnc1[C@H]1CCN(Cc2ccccn2)C1. The second-order valence-corrected chi connectivity index (χ2v) is 6.30. The fourth-order valence-corrected chi connectivity index (χ4v) is 3.37. The second-order valence-electron chi connectivity index (χ2n) is 6.30. The van der Waals surface area contributed by atoms with Crippen LogP contribution in [0.5, 0.6) is 0 Å². The number of hydrogen-bond acceptors (Lipinski definition) is 4. The highest BCUT2D eigenvalue weighted by Crippen LogP contribution is 2.28. The first kappa shape index (κ1) is 16.1. The Kier molecular flexibility index (Phi) is 5.41. The van der Waals surface area contributed by atoms with E-state index in [4.69, 9.17) is 9.72 Å². The summed E-state index contributed by atoms with van der Waals surface area (Å²) in [6.07, 6.45) is 6.08. The zero-order valence-corrected chi connectivity index (χ0v) is 14.1. The molecule has 0 unspecified atom stereocenters. The number of rotatable bonds is 7. The smallest absolute Gasteiger partial charge is 0.113 e. The number of aryl methyl sites for hydroxylation is 1. The van der Waals surface area contributed by atoms with Crippen LogP contribution in [-0.2, 0) is 17.8 Å². The van der Waals surface area contributed by atoms with Gasteiger partial charge in [-0.3, -0.25) is 9.88 Å². The Labute approximate surface area is 138 Å². The normalized spacial score (nSPS) is 18.6. The van der Waals surface area contributed by atoms with Crippen LogP contribution >= 0.6 is 0 Å². The zero-order chi connectivity index (χ0) is 16.1. The topological polar surface area (TPSA) is 43.2 Å². The Morgan fingerprint density at radius 2 is 2.22 bits per heavy atom. The minimum atomic E-state index is 0.523. The number of nitrogens with zero attached hydrogens (tertiary/aromatic N) is 4. The Balaban J connectivity index is 1.62. The Bertz CT molecular complexity index is 611. The quantitative estimate of drug-likeness (QED) is 0.737. The van der Waals surface area contributed by atoms with Gasteiger partial charge >= 0.3 is 0 Å². The van der Waals surface area contributed by atoms with Gasteiger partial charge in [0.15, 0.2) is 0 Å². The molecule has 3 heterocycles. The average molecular weight is 314 g/mol. The van der Waals surface area contributed by atoms with E-state index in [2.05, 4.69) is 33.5 Å². The van der Waals surface area contributed by atoms with Crippen LogP contribution in [0.1, 0.15) is 36.0 Å². The average Bonchev–Trinajstić information content (AvgIpc) is 3.16. The van der Waals surface area contributed by atoms with E-state index >= 15 is 0 Å². The first-order valence-electron chi connectivity index (χ1n) is 8.41. The van der Waals surface area contributed by atoms with Crippen molar-refractivity contribution in [1.82, 2.24) is 19.4 Å². The van der Waals surface area contributed by atoms with Crippen LogP contribution in [0.2, 0.25) is 0 Å². The van der Waals surface area contributed by atoms with Crippen LogP contribution in [0, 0.1) is 6.92 Å². The van der Waals surface area contributed by atoms with Crippen molar-refractivity contribution in [3.8, 4) is 0 Å². The van der Waals surface area contributed by atoms with E-state index in [9.17, 15) is 0 Å². The Hall–Kier alpha value is -1.72. The van der Waals surface area contributed by atoms with Crippen molar-refractivity contribution in [2.45, 2.75) is 38.8 Å². The molecule has 23 heavy (non-hydrogen) atoms. The second kappa shape index (κ2) is 7.70. The van der Waals surface area contributed by atoms with Gasteiger partial charge in [0.25, 0.3) is 0 Å². The highest BCUT2D eigenvalue weighted by atomic mass is 16.5. The van der Waals surface area contributed by atoms with Gasteiger partial charge in [0.2, 0.25) is 0 Å². The molecule has 0 aliphatic carbocycles. The van der Waals surface area contributed by atoms with Crippen LogP contribution in [0.15, 0.2) is 30.6 Å². The van der Waals surface area contributed by atoms with E-state index in [0.29, 0.717) is 5.92 Å². The van der Waals surface area contributed by atoms with E-state index in [-0.39, 0.29) is 0 Å². The van der Waals surface area contributed by atoms with Crippen LogP contribution in [0.25, 0.3) is 0 Å². The minimum absolute atomic E-state index is 0.523. The molecule has 0 aromatic carbocycles. The molecule has 0 amide bonds. The van der Waals surface area contributed by atoms with Gasteiger partial charge in [0.05, 0.1) is 5.69 Å². The fourth-order valence-electron chi connectivity index (χ4n) is 3.37. The number of likely N-dealkylation sites (tertiary alicyclic amines) is 1. The van der Waals surface area contributed by atoms with Crippen molar-refractivity contribution in [1.29, 1.82) is 0 Å². The molecule has 1 aliphatic rings. The molecule has 1 fully saturated rings. The summed E-state index contributed by atoms with van der Waals surface area (Å²) in [6, 6.07) is 6.13. The van der Waals surface area contributed by atoms with Crippen molar-refractivity contribution in [2.75, 3.05) is 26.8 Å². The summed E-state index contributed by atoms with van der Waals surface area (Å²) < 4.78 is 7.55. The maximum atomic E-state index is 5.18. The van der Waals surface area contributed by atoms with Gasteiger partial charge in [-0.25, -0.2) is 4.98 Å². The summed E-state index contributed by atoms with van der Waals surface area (Å²) in [5.74, 6) is 1.76. The third-order valence-corrected chi connectivity index (χ3v) is 4.57. The van der Waals surface area contributed by atoms with Gasteiger partial charge in [-0.15, -0.1) is 0 Å². The number of methoxy groups -OCH3 is 1. The minimum Gasteiger partial charge on any atom is -0.385 e. The van der Waals surface area contributed by atoms with Crippen molar-refractivity contribution in [3.05, 3.63) is 47.8 Å². The molecule has 1 atom stereocenters. The molecule has 5 heteroatoms. The van der Waals surface area contributed by atoms with E-state index in [1.807, 2.05) is 18.5 Å². The summed E-state index contributed by atoms with van der Waals surface area (Å²) in [6.45, 7) is 7.05. The molecular weight excluding hydrogens is 288 g/mol. The van der Waals surface area contributed by atoms with Gasteiger partial charge in [0, 0.05) is 57.4 Å². The van der Waals surface area contributed by atoms with E-state index in [1.165, 1.54) is 17.9 Å². The zero-order valence-electron chi connectivity index (χ0n) is 14.1. The van der Waals surface area contributed by atoms with Crippen molar-refractivity contribution < 1.29 is 4.74 Å². The van der Waals surface area contributed by atoms with Gasteiger partial charge in [-0.1, -0.05) is 6.07 Å². The van der Waals surface area contributed by atoms with Gasteiger partial charge in [-0.05, 0) is 38.4 Å². The molecule has 0 saturated carbocycles. The Morgan fingerprint density at radius 3 is 3.00 bits per heavy atom. The summed E-state index contributed by atoms with van der Waals surface area (Å²) in [7, 11) is 1.76. The van der Waals surface area contributed by atoms with Crippen molar-refractivity contribution >= 4 is 0 Å². The maximum Gasteiger partial charge on any atom is 0.113 e. The fraction of sp³-hybridized carbons (Fsp3) is 0.556. The predicted octanol–water partition coefficient (Wildman–Crippen LogP) is 2.61. The van der Waals surface area contributed by atoms with Gasteiger partial charge in [0.1, 0.15) is 5.82 Å². The van der Waals surface area contributed by atoms with Crippen LogP contribution in [-0.4, -0.2) is 46.2 Å². The lowest BCUT2D eigenvalue weighted by molar-refractivity contribution is 0.189. The third-order valence-electron chi connectivity index (χ3n) is 4.57. The summed E-state index contributed by atoms with van der Waals surface area (Å²) >= 11 is 0. The van der Waals surface area contributed by atoms with Gasteiger partial charge in [-0.2, -0.15) is 0 Å². The van der Waals surface area contributed by atoms with Crippen LogP contribution in [0.3, 0.4) is 0 Å². The molecule has 0 bridgehead atoms. The Morgan fingerprint density at radius 1 is 1.30 bits per heavy atom. The lowest BCUT2D eigenvalue weighted by atomic mass is 10.1. The summed E-state index contributed by atoms with van der Waals surface area (Å²) in [5.41, 5.74) is 2.40. The highest BCUT2D eigenvalue weighted by molar-refractivity contribution is 5.11. The van der Waals surface area contributed by atoms with Crippen molar-refractivity contribution in [2.24, 2.45) is 0 Å². The van der Waals surface area contributed by atoms with E-state index in [1.54, 1.807) is 7.11 Å². The number of ether oxygens (including phenoxy) is 1. The lowest BCUT2D eigenvalue weighted by Crippen LogP contribution is -2.21. The molecule has 3 rings (SSSR count). The molecule has 1 aliphatic heterocycles. The number of pyridine rings is 1. The van der Waals surface area contributed by atoms with E-state index < -0.39 is 0 Å². The molecule has 2 aromatic rings. The summed E-state index contributed by atoms with van der Waals surface area (Å²) in [5, 5.41) is 0. The standard InChI is InChI=1S/C18H26N4O/c1-15-12-20-18(22(15)9-5-11-23-2)16-7-10-21(13-16)14-17-6-3-4-8-19-17/h3-4,6,8,12,16H,5,7,9-11,13-14H2,1-2H3/t16-/m0/s1. The molecule has 124 valence electrons. The van der Waals surface area contributed by atoms with Crippen molar-refractivity contribution in [3.63, 3.8) is 0 Å². The van der Waals surface area contributed by atoms with Gasteiger partial charge < -0.3 is 9.30 Å². The predicted molar refractivity (Wildman–Crippen MR) is 90.3 cm³/mol. The third kappa shape index (κ3) is 3.98. The molecule has 0 N–H and O–H groups in total. The van der Waals surface area contributed by atoms with Crippen LogP contribution < -0.4 is 0 Å². The number of aromatic nitrogens is 3. The summed E-state index contributed by atoms with van der Waals surface area (Å²) in [4.78, 5) is 11.6. The first-order chi connectivity index (χ1) is 11.3. The molecular formula is C18H26N4O. The molecule has 5 nitrogen and oxygen atoms in total. The largest absolute Gasteiger partial charge is 0.385 e. The number of imidazole rings is 1. The van der Waals surface area contributed by atoms with E-state index in [0.717, 1.165) is 44.9 Å².